The van der Waals surface area contributed by atoms with E-state index in [1.165, 1.54) is 10.4 Å². The standard InChI is InChI=1S/C19H29N3O3S/c1-14(23)21-6-4-19(5-7-21)9-17(18(24)25)22(13-19)11-16-8-15(12-26-16)10-20(2)3/h8,12,17H,4-7,9-11,13H2,1-3H3,(H,24,25)/t17-/m1/s1. The average Bonchev–Trinajstić information content (AvgIpc) is 3.12. The van der Waals surface area contributed by atoms with Gasteiger partial charge >= 0.3 is 5.97 Å². The molecule has 0 saturated carbocycles. The second kappa shape index (κ2) is 7.66. The summed E-state index contributed by atoms with van der Waals surface area (Å²) in [6, 6.07) is 1.78. The highest BCUT2D eigenvalue weighted by atomic mass is 32.1. The molecule has 0 aliphatic carbocycles. The molecule has 144 valence electrons. The number of carbonyl (C=O) groups is 2. The summed E-state index contributed by atoms with van der Waals surface area (Å²) >= 11 is 1.72. The SMILES string of the molecule is CC(=O)N1CCC2(CC1)C[C@H](C(=O)O)N(Cc1cc(CN(C)C)cs1)C2. The fourth-order valence-electron chi connectivity index (χ4n) is 4.37. The number of piperidine rings is 1. The molecule has 2 saturated heterocycles. The first-order chi connectivity index (χ1) is 12.3. The molecular formula is C19H29N3O3S. The van der Waals surface area contributed by atoms with Gasteiger partial charge < -0.3 is 14.9 Å². The zero-order valence-electron chi connectivity index (χ0n) is 15.9. The summed E-state index contributed by atoms with van der Waals surface area (Å²) in [6.45, 7) is 5.54. The number of aliphatic carboxylic acids is 1. The van der Waals surface area contributed by atoms with E-state index in [2.05, 4.69) is 35.3 Å². The number of carbonyl (C=O) groups excluding carboxylic acids is 1. The third kappa shape index (κ3) is 4.27. The number of carboxylic acid groups (broad SMARTS) is 1. The Morgan fingerprint density at radius 1 is 1.35 bits per heavy atom. The molecule has 1 spiro atoms. The van der Waals surface area contributed by atoms with E-state index in [0.717, 1.165) is 39.0 Å². The second-order valence-corrected chi connectivity index (χ2v) is 9.12. The molecule has 0 radical (unpaired) electrons. The quantitative estimate of drug-likeness (QED) is 0.849. The van der Waals surface area contributed by atoms with Crippen LogP contribution in [0, 0.1) is 5.41 Å². The summed E-state index contributed by atoms with van der Waals surface area (Å²) in [5.41, 5.74) is 1.32. The van der Waals surface area contributed by atoms with E-state index >= 15 is 0 Å². The maximum absolute atomic E-state index is 11.8. The van der Waals surface area contributed by atoms with Gasteiger partial charge in [0.15, 0.2) is 0 Å². The maximum Gasteiger partial charge on any atom is 0.320 e. The fourth-order valence-corrected chi connectivity index (χ4v) is 5.28. The smallest absolute Gasteiger partial charge is 0.320 e. The molecule has 0 aromatic carbocycles. The zero-order chi connectivity index (χ0) is 18.9. The Kier molecular flexibility index (Phi) is 5.69. The van der Waals surface area contributed by atoms with Crippen LogP contribution in [-0.4, -0.2) is 71.5 Å². The first kappa shape index (κ1) is 19.3. The molecule has 0 bridgehead atoms. The van der Waals surface area contributed by atoms with Crippen LogP contribution in [0.3, 0.4) is 0 Å². The van der Waals surface area contributed by atoms with Crippen molar-refractivity contribution in [3.63, 3.8) is 0 Å². The molecule has 7 heteroatoms. The predicted octanol–water partition coefficient (Wildman–Crippen LogP) is 2.10. The molecule has 2 aliphatic rings. The van der Waals surface area contributed by atoms with Gasteiger partial charge in [-0.2, -0.15) is 0 Å². The lowest BCUT2D eigenvalue weighted by Gasteiger charge is -2.39. The van der Waals surface area contributed by atoms with Crippen LogP contribution in [0.4, 0.5) is 0 Å². The van der Waals surface area contributed by atoms with E-state index in [-0.39, 0.29) is 11.3 Å². The summed E-state index contributed by atoms with van der Waals surface area (Å²) < 4.78 is 0. The highest BCUT2D eigenvalue weighted by Crippen LogP contribution is 2.44. The van der Waals surface area contributed by atoms with Crippen LogP contribution in [0.1, 0.15) is 36.6 Å². The van der Waals surface area contributed by atoms with E-state index in [1.807, 2.05) is 4.90 Å². The molecule has 1 N–H and O–H groups in total. The van der Waals surface area contributed by atoms with E-state index in [4.69, 9.17) is 0 Å². The van der Waals surface area contributed by atoms with Gasteiger partial charge in [0.25, 0.3) is 0 Å². The van der Waals surface area contributed by atoms with Crippen LogP contribution < -0.4 is 0 Å². The zero-order valence-corrected chi connectivity index (χ0v) is 16.7. The molecule has 6 nitrogen and oxygen atoms in total. The minimum Gasteiger partial charge on any atom is -0.480 e. The van der Waals surface area contributed by atoms with Crippen molar-refractivity contribution in [2.24, 2.45) is 5.41 Å². The Morgan fingerprint density at radius 3 is 2.62 bits per heavy atom. The minimum absolute atomic E-state index is 0.0404. The maximum atomic E-state index is 11.8. The van der Waals surface area contributed by atoms with Crippen LogP contribution in [0.25, 0.3) is 0 Å². The van der Waals surface area contributed by atoms with Crippen molar-refractivity contribution in [3.8, 4) is 0 Å². The van der Waals surface area contributed by atoms with Crippen molar-refractivity contribution in [1.29, 1.82) is 0 Å². The largest absolute Gasteiger partial charge is 0.480 e. The Hall–Kier alpha value is -1.44. The number of nitrogens with zero attached hydrogens (tertiary/aromatic N) is 3. The van der Waals surface area contributed by atoms with Crippen molar-refractivity contribution >= 4 is 23.2 Å². The Balaban J connectivity index is 1.67. The van der Waals surface area contributed by atoms with E-state index in [9.17, 15) is 14.7 Å². The highest BCUT2D eigenvalue weighted by molar-refractivity contribution is 7.10. The van der Waals surface area contributed by atoms with Crippen LogP contribution in [0.2, 0.25) is 0 Å². The number of hydrogen-bond acceptors (Lipinski definition) is 5. The van der Waals surface area contributed by atoms with Crippen molar-refractivity contribution in [2.45, 2.75) is 45.3 Å². The summed E-state index contributed by atoms with van der Waals surface area (Å²) in [7, 11) is 4.10. The summed E-state index contributed by atoms with van der Waals surface area (Å²) in [5.74, 6) is -0.600. The molecule has 1 atom stereocenters. The van der Waals surface area contributed by atoms with Crippen LogP contribution in [0.15, 0.2) is 11.4 Å². The molecule has 2 fully saturated rings. The molecular weight excluding hydrogens is 350 g/mol. The summed E-state index contributed by atoms with van der Waals surface area (Å²) in [5, 5.41) is 11.9. The monoisotopic (exact) mass is 379 g/mol. The van der Waals surface area contributed by atoms with E-state index < -0.39 is 12.0 Å². The third-order valence-corrected chi connectivity index (χ3v) is 6.70. The van der Waals surface area contributed by atoms with Crippen molar-refractivity contribution < 1.29 is 14.7 Å². The lowest BCUT2D eigenvalue weighted by atomic mass is 9.76. The van der Waals surface area contributed by atoms with Crippen LogP contribution >= 0.6 is 11.3 Å². The number of carboxylic acids is 1. The summed E-state index contributed by atoms with van der Waals surface area (Å²) in [6.07, 6.45) is 2.51. The second-order valence-electron chi connectivity index (χ2n) is 8.13. The number of amides is 1. The Bertz CT molecular complexity index is 665. The van der Waals surface area contributed by atoms with Gasteiger partial charge in [0.1, 0.15) is 6.04 Å². The lowest BCUT2D eigenvalue weighted by molar-refractivity contribution is -0.142. The van der Waals surface area contributed by atoms with Gasteiger partial charge in [-0.1, -0.05) is 0 Å². The van der Waals surface area contributed by atoms with E-state index in [1.54, 1.807) is 18.3 Å². The van der Waals surface area contributed by atoms with Gasteiger partial charge in [-0.15, -0.1) is 11.3 Å². The first-order valence-corrected chi connectivity index (χ1v) is 10.1. The van der Waals surface area contributed by atoms with Gasteiger partial charge in [-0.3, -0.25) is 14.5 Å². The first-order valence-electron chi connectivity index (χ1n) is 9.21. The Morgan fingerprint density at radius 2 is 2.04 bits per heavy atom. The highest BCUT2D eigenvalue weighted by Gasteiger charge is 2.48. The molecule has 3 heterocycles. The van der Waals surface area contributed by atoms with Gasteiger partial charge in [0.2, 0.25) is 5.91 Å². The molecule has 26 heavy (non-hydrogen) atoms. The Labute approximate surface area is 159 Å². The van der Waals surface area contributed by atoms with E-state index in [0.29, 0.717) is 13.0 Å². The summed E-state index contributed by atoms with van der Waals surface area (Å²) in [4.78, 5) is 30.8. The molecule has 2 aliphatic heterocycles. The topological polar surface area (TPSA) is 64.1 Å². The lowest BCUT2D eigenvalue weighted by Crippen LogP contribution is -2.43. The van der Waals surface area contributed by atoms with Crippen LogP contribution in [0.5, 0.6) is 0 Å². The minimum atomic E-state index is -0.721. The van der Waals surface area contributed by atoms with Gasteiger partial charge in [0, 0.05) is 44.5 Å². The normalized spacial score (nSPS) is 23.1. The van der Waals surface area contributed by atoms with Gasteiger partial charge in [0.05, 0.1) is 0 Å². The molecule has 1 amide bonds. The number of thiophene rings is 1. The average molecular weight is 380 g/mol. The molecule has 1 aromatic rings. The van der Waals surface area contributed by atoms with Crippen molar-refractivity contribution in [3.05, 3.63) is 21.9 Å². The molecule has 3 rings (SSSR count). The fraction of sp³-hybridized carbons (Fsp3) is 0.684. The number of rotatable bonds is 5. The predicted molar refractivity (Wildman–Crippen MR) is 102 cm³/mol. The number of hydrogen-bond donors (Lipinski definition) is 1. The number of likely N-dealkylation sites (tertiary alicyclic amines) is 2. The van der Waals surface area contributed by atoms with Crippen LogP contribution in [-0.2, 0) is 22.7 Å². The third-order valence-electron chi connectivity index (χ3n) is 5.73. The van der Waals surface area contributed by atoms with Gasteiger partial charge in [-0.25, -0.2) is 0 Å². The molecule has 1 aromatic heterocycles. The molecule has 0 unspecified atom stereocenters. The van der Waals surface area contributed by atoms with Crippen molar-refractivity contribution in [1.82, 2.24) is 14.7 Å². The van der Waals surface area contributed by atoms with Crippen molar-refractivity contribution in [2.75, 3.05) is 33.7 Å². The van der Waals surface area contributed by atoms with Gasteiger partial charge in [-0.05, 0) is 55.8 Å².